The van der Waals surface area contributed by atoms with Gasteiger partial charge in [-0.05, 0) is 6.07 Å². The summed E-state index contributed by atoms with van der Waals surface area (Å²) in [4.78, 5) is 10.7. The molecule has 1 aliphatic rings. The van der Waals surface area contributed by atoms with Crippen molar-refractivity contribution in [2.24, 2.45) is 0 Å². The molecule has 8 heteroatoms. The SMILES string of the molecule is O=[N+]([O-])c1ccccc1SC1CS(=O)(=O)CC1O. The Hall–Kier alpha value is -1.12. The lowest BCUT2D eigenvalue weighted by atomic mass is 10.3. The summed E-state index contributed by atoms with van der Waals surface area (Å²) in [6.45, 7) is 0. The van der Waals surface area contributed by atoms with Gasteiger partial charge in [0.05, 0.1) is 32.7 Å². The van der Waals surface area contributed by atoms with E-state index in [0.717, 1.165) is 11.8 Å². The number of nitro groups is 1. The first kappa shape index (κ1) is 13.3. The molecule has 0 aromatic heterocycles. The van der Waals surface area contributed by atoms with Crippen molar-refractivity contribution in [1.82, 2.24) is 0 Å². The van der Waals surface area contributed by atoms with Crippen molar-refractivity contribution < 1.29 is 18.4 Å². The lowest BCUT2D eigenvalue weighted by Gasteiger charge is -2.11. The normalized spacial score (nSPS) is 26.1. The third-order valence-corrected chi connectivity index (χ3v) is 5.92. The maximum Gasteiger partial charge on any atom is 0.282 e. The Labute approximate surface area is 108 Å². The molecule has 1 aliphatic heterocycles. The van der Waals surface area contributed by atoms with Crippen molar-refractivity contribution in [3.63, 3.8) is 0 Å². The molecule has 1 N–H and O–H groups in total. The van der Waals surface area contributed by atoms with Gasteiger partial charge in [0.15, 0.2) is 9.84 Å². The van der Waals surface area contributed by atoms with E-state index in [1.807, 2.05) is 0 Å². The largest absolute Gasteiger partial charge is 0.391 e. The van der Waals surface area contributed by atoms with E-state index in [4.69, 9.17) is 0 Å². The fourth-order valence-electron chi connectivity index (χ4n) is 1.78. The number of rotatable bonds is 3. The molecule has 0 amide bonds. The van der Waals surface area contributed by atoms with Gasteiger partial charge >= 0.3 is 0 Å². The van der Waals surface area contributed by atoms with E-state index < -0.39 is 26.1 Å². The summed E-state index contributed by atoms with van der Waals surface area (Å²) in [5, 5.41) is 19.9. The van der Waals surface area contributed by atoms with Crippen LogP contribution in [0.25, 0.3) is 0 Å². The summed E-state index contributed by atoms with van der Waals surface area (Å²) in [6, 6.07) is 6.10. The summed E-state index contributed by atoms with van der Waals surface area (Å²) in [7, 11) is -3.24. The molecule has 6 nitrogen and oxygen atoms in total. The van der Waals surface area contributed by atoms with Gasteiger partial charge in [0.2, 0.25) is 0 Å². The van der Waals surface area contributed by atoms with Crippen LogP contribution in [0.2, 0.25) is 0 Å². The zero-order chi connectivity index (χ0) is 13.3. The molecule has 1 saturated heterocycles. The number of benzene rings is 1. The molecule has 0 saturated carbocycles. The van der Waals surface area contributed by atoms with Gasteiger partial charge in [-0.15, -0.1) is 11.8 Å². The van der Waals surface area contributed by atoms with E-state index in [-0.39, 0.29) is 17.2 Å². The van der Waals surface area contributed by atoms with E-state index >= 15 is 0 Å². The molecule has 0 aliphatic carbocycles. The molecule has 2 rings (SSSR count). The highest BCUT2D eigenvalue weighted by molar-refractivity contribution is 8.02. The molecule has 2 unspecified atom stereocenters. The molecule has 18 heavy (non-hydrogen) atoms. The molecular weight excluding hydrogens is 278 g/mol. The third kappa shape index (κ3) is 2.82. The van der Waals surface area contributed by atoms with E-state index in [0.29, 0.717) is 4.90 Å². The monoisotopic (exact) mass is 289 g/mol. The molecule has 1 fully saturated rings. The van der Waals surface area contributed by atoms with Crippen LogP contribution in [0.3, 0.4) is 0 Å². The van der Waals surface area contributed by atoms with Gasteiger partial charge < -0.3 is 5.11 Å². The van der Waals surface area contributed by atoms with E-state index in [1.54, 1.807) is 18.2 Å². The van der Waals surface area contributed by atoms with Gasteiger partial charge in [-0.2, -0.15) is 0 Å². The van der Waals surface area contributed by atoms with E-state index in [1.165, 1.54) is 6.07 Å². The highest BCUT2D eigenvalue weighted by Gasteiger charge is 2.37. The van der Waals surface area contributed by atoms with Gasteiger partial charge in [-0.1, -0.05) is 12.1 Å². The first-order valence-electron chi connectivity index (χ1n) is 5.17. The number of para-hydroxylation sites is 1. The maximum atomic E-state index is 11.4. The number of nitro benzene ring substituents is 1. The van der Waals surface area contributed by atoms with Gasteiger partial charge in [0, 0.05) is 6.07 Å². The number of aliphatic hydroxyl groups excluding tert-OH is 1. The topological polar surface area (TPSA) is 97.5 Å². The van der Waals surface area contributed by atoms with Crippen LogP contribution >= 0.6 is 11.8 Å². The quantitative estimate of drug-likeness (QED) is 0.654. The van der Waals surface area contributed by atoms with Crippen molar-refractivity contribution in [2.45, 2.75) is 16.2 Å². The predicted octanol–water partition coefficient (Wildman–Crippen LogP) is 0.845. The Bertz CT molecular complexity index is 571. The average molecular weight is 289 g/mol. The van der Waals surface area contributed by atoms with Gasteiger partial charge in [0.1, 0.15) is 0 Å². The van der Waals surface area contributed by atoms with Gasteiger partial charge in [-0.25, -0.2) is 8.42 Å². The number of thioether (sulfide) groups is 1. The Balaban J connectivity index is 2.23. The predicted molar refractivity (Wildman–Crippen MR) is 67.4 cm³/mol. The van der Waals surface area contributed by atoms with Crippen LogP contribution in [-0.4, -0.2) is 41.3 Å². The smallest absolute Gasteiger partial charge is 0.282 e. The van der Waals surface area contributed by atoms with Crippen molar-refractivity contribution in [1.29, 1.82) is 0 Å². The summed E-state index contributed by atoms with van der Waals surface area (Å²) in [6.07, 6.45) is -0.972. The minimum atomic E-state index is -3.24. The molecule has 2 atom stereocenters. The summed E-state index contributed by atoms with van der Waals surface area (Å²) < 4.78 is 22.7. The second-order valence-corrected chi connectivity index (χ2v) is 7.46. The minimum absolute atomic E-state index is 0.0704. The molecule has 1 aromatic rings. The van der Waals surface area contributed by atoms with Crippen molar-refractivity contribution >= 4 is 27.3 Å². The lowest BCUT2D eigenvalue weighted by molar-refractivity contribution is -0.387. The standard InChI is InChI=1S/C10H11NO5S2/c12-8-5-18(15,16)6-10(8)17-9-4-2-1-3-7(9)11(13)14/h1-4,8,10,12H,5-6H2. The molecule has 1 heterocycles. The first-order valence-corrected chi connectivity index (χ1v) is 7.88. The number of hydrogen-bond donors (Lipinski definition) is 1. The number of aliphatic hydroxyl groups is 1. The maximum absolute atomic E-state index is 11.4. The van der Waals surface area contributed by atoms with Gasteiger partial charge in [0.25, 0.3) is 5.69 Å². The molecule has 1 aromatic carbocycles. The highest BCUT2D eigenvalue weighted by Crippen LogP contribution is 2.36. The Morgan fingerprint density at radius 2 is 2.00 bits per heavy atom. The summed E-state index contributed by atoms with van der Waals surface area (Å²) in [5.41, 5.74) is -0.0704. The first-order chi connectivity index (χ1) is 8.39. The van der Waals surface area contributed by atoms with Crippen molar-refractivity contribution in [3.8, 4) is 0 Å². The second kappa shape index (κ2) is 4.87. The molecular formula is C10H11NO5S2. The van der Waals surface area contributed by atoms with Crippen LogP contribution in [0.5, 0.6) is 0 Å². The highest BCUT2D eigenvalue weighted by atomic mass is 32.2. The number of nitrogens with zero attached hydrogens (tertiary/aromatic N) is 1. The molecule has 0 radical (unpaired) electrons. The Kier molecular flexibility index (Phi) is 3.60. The summed E-state index contributed by atoms with van der Waals surface area (Å²) in [5.74, 6) is -0.420. The van der Waals surface area contributed by atoms with Crippen LogP contribution in [0, 0.1) is 10.1 Å². The number of hydrogen-bond acceptors (Lipinski definition) is 6. The fraction of sp³-hybridized carbons (Fsp3) is 0.400. The fourth-order valence-corrected chi connectivity index (χ4v) is 5.41. The lowest BCUT2D eigenvalue weighted by Crippen LogP contribution is -2.19. The van der Waals surface area contributed by atoms with E-state index in [2.05, 4.69) is 0 Å². The van der Waals surface area contributed by atoms with Gasteiger partial charge in [-0.3, -0.25) is 10.1 Å². The Morgan fingerprint density at radius 1 is 1.33 bits per heavy atom. The zero-order valence-corrected chi connectivity index (χ0v) is 10.9. The average Bonchev–Trinajstić information content (AvgIpc) is 2.52. The second-order valence-electron chi connectivity index (χ2n) is 4.03. The van der Waals surface area contributed by atoms with Crippen molar-refractivity contribution in [3.05, 3.63) is 34.4 Å². The minimum Gasteiger partial charge on any atom is -0.391 e. The third-order valence-electron chi connectivity index (χ3n) is 2.61. The molecule has 98 valence electrons. The van der Waals surface area contributed by atoms with Crippen LogP contribution in [0.15, 0.2) is 29.2 Å². The number of sulfone groups is 1. The zero-order valence-electron chi connectivity index (χ0n) is 9.22. The van der Waals surface area contributed by atoms with Crippen LogP contribution in [0.4, 0.5) is 5.69 Å². The van der Waals surface area contributed by atoms with Crippen LogP contribution in [0.1, 0.15) is 0 Å². The summed E-state index contributed by atoms with van der Waals surface area (Å²) >= 11 is 1.05. The molecule has 0 bridgehead atoms. The molecule has 0 spiro atoms. The van der Waals surface area contributed by atoms with Crippen LogP contribution < -0.4 is 0 Å². The van der Waals surface area contributed by atoms with Crippen LogP contribution in [-0.2, 0) is 9.84 Å². The van der Waals surface area contributed by atoms with Crippen molar-refractivity contribution in [2.75, 3.05) is 11.5 Å². The Morgan fingerprint density at radius 3 is 2.56 bits per heavy atom. The van der Waals surface area contributed by atoms with E-state index in [9.17, 15) is 23.6 Å².